The summed E-state index contributed by atoms with van der Waals surface area (Å²) < 4.78 is 102. The number of nitrogens with zero attached hydrogens (tertiary/aromatic N) is 5. The van der Waals surface area contributed by atoms with E-state index < -0.39 is 94.3 Å². The van der Waals surface area contributed by atoms with Crippen LogP contribution in [0.1, 0.15) is 33.9 Å². The van der Waals surface area contributed by atoms with Crippen LogP contribution in [0.25, 0.3) is 11.2 Å². The van der Waals surface area contributed by atoms with E-state index in [4.69, 9.17) is 38.0 Å². The lowest BCUT2D eigenvalue weighted by molar-refractivity contribution is -0.0635. The standard InChI is InChI=1S/C34H33F2N7O13P2S/c1-17-2-6-19(7-3-17)33(45)52-20-8-4-18(5-9-20)14-59-58(49)51-13-22-27(25(36)31(54-22)43-16-40-26-29(37)38-15-39-30(26)43)55-57(47,48)50-12-21-24(35)28(56-58)32(53-21)42-11-10-23(44)41-34(42)46/h2-11,15-16,21-22,24-25,27-28,31-32H,12-14H2,1H3,(H,47,48)(H2,37,38,39)(H,41,44,46)/t21-,22-,24-,25-,27-,28-,31-,32-,58-/m1/s1. The van der Waals surface area contributed by atoms with Gasteiger partial charge in [0.25, 0.3) is 5.56 Å². The third kappa shape index (κ3) is 8.67. The van der Waals surface area contributed by atoms with Gasteiger partial charge in [0.2, 0.25) is 0 Å². The Hall–Kier alpha value is -4.67. The smallest absolute Gasteiger partial charge is 0.423 e. The van der Waals surface area contributed by atoms with Gasteiger partial charge in [-0.25, -0.2) is 42.5 Å². The number of carbonyl (C=O) groups excluding carboxylic acids is 1. The number of halogens is 2. The second-order valence-corrected chi connectivity index (χ2v) is 18.9. The summed E-state index contributed by atoms with van der Waals surface area (Å²) in [6.45, 7) is -4.63. The Morgan fingerprint density at radius 3 is 2.41 bits per heavy atom. The summed E-state index contributed by atoms with van der Waals surface area (Å²) in [6, 6.07) is 13.9. The summed E-state index contributed by atoms with van der Waals surface area (Å²) in [5.41, 5.74) is 6.03. The number of phosphoric ester groups is 1. The number of benzene rings is 2. The van der Waals surface area contributed by atoms with Crippen molar-refractivity contribution in [3.8, 4) is 5.75 Å². The largest absolute Gasteiger partial charge is 0.472 e. The molecule has 8 rings (SSSR count). The minimum atomic E-state index is -5.26. The van der Waals surface area contributed by atoms with Crippen LogP contribution in [-0.4, -0.2) is 89.9 Å². The summed E-state index contributed by atoms with van der Waals surface area (Å²) in [7, 11) is -5.26. The molecule has 10 atom stereocenters. The fraction of sp³-hybridized carbons (Fsp3) is 0.353. The first-order chi connectivity index (χ1) is 28.2. The number of anilines is 1. The van der Waals surface area contributed by atoms with Crippen LogP contribution in [0.15, 0.2) is 83.0 Å². The average Bonchev–Trinajstić information content (AvgIpc) is 3.86. The van der Waals surface area contributed by atoms with Crippen molar-refractivity contribution in [2.75, 3.05) is 18.9 Å². The molecule has 3 aromatic heterocycles. The molecule has 4 N–H and O–H groups in total. The maximum atomic E-state index is 16.4. The van der Waals surface area contributed by atoms with E-state index in [1.165, 1.54) is 12.1 Å². The van der Waals surface area contributed by atoms with Crippen molar-refractivity contribution in [3.63, 3.8) is 0 Å². The van der Waals surface area contributed by atoms with Crippen LogP contribution >= 0.6 is 26.0 Å². The number of H-pyrrole nitrogens is 1. The maximum Gasteiger partial charge on any atom is 0.472 e. The summed E-state index contributed by atoms with van der Waals surface area (Å²) in [5, 5.41) is 0. The molecule has 5 aromatic rings. The predicted octanol–water partition coefficient (Wildman–Crippen LogP) is 3.92. The highest BCUT2D eigenvalue weighted by Crippen LogP contribution is 2.65. The molecular formula is C34H33F2N7O13P2S. The van der Waals surface area contributed by atoms with E-state index in [9.17, 15) is 28.4 Å². The zero-order valence-corrected chi connectivity index (χ0v) is 33.0. The third-order valence-electron chi connectivity index (χ3n) is 9.43. The first-order valence-corrected chi connectivity index (χ1v) is 22.2. The Bertz CT molecular complexity index is 2580. The van der Waals surface area contributed by atoms with Crippen molar-refractivity contribution >= 4 is 49.0 Å². The second-order valence-electron chi connectivity index (χ2n) is 13.4. The van der Waals surface area contributed by atoms with Crippen molar-refractivity contribution in [2.45, 2.75) is 61.9 Å². The highest BCUT2D eigenvalue weighted by Gasteiger charge is 2.55. The number of nitrogens with two attached hydrogens (primary N) is 1. The highest BCUT2D eigenvalue weighted by molar-refractivity contribution is 8.54. The van der Waals surface area contributed by atoms with Gasteiger partial charge >= 0.3 is 26.3 Å². The molecule has 3 fully saturated rings. The number of nitrogen functional groups attached to an aromatic ring is 1. The lowest BCUT2D eigenvalue weighted by atomic mass is 10.1. The molecule has 0 amide bonds. The van der Waals surface area contributed by atoms with E-state index in [1.54, 1.807) is 36.4 Å². The van der Waals surface area contributed by atoms with Gasteiger partial charge in [-0.05, 0) is 48.1 Å². The molecule has 59 heavy (non-hydrogen) atoms. The predicted molar refractivity (Wildman–Crippen MR) is 202 cm³/mol. The number of aryl methyl sites for hydroxylation is 1. The molecule has 2 aromatic carbocycles. The van der Waals surface area contributed by atoms with Gasteiger partial charge < -0.3 is 24.8 Å². The third-order valence-corrected chi connectivity index (χ3v) is 14.1. The minimum Gasteiger partial charge on any atom is -0.423 e. The van der Waals surface area contributed by atoms with Gasteiger partial charge in [0, 0.05) is 18.0 Å². The second kappa shape index (κ2) is 16.4. The topological polar surface area (TPSA) is 261 Å². The zero-order valence-electron chi connectivity index (χ0n) is 30.4. The normalized spacial score (nSPS) is 31.2. The molecule has 1 unspecified atom stereocenters. The number of carbonyl (C=O) groups is 1. The van der Waals surface area contributed by atoms with E-state index in [0.29, 0.717) is 22.5 Å². The number of hydrogen-bond acceptors (Lipinski definition) is 17. The number of aromatic nitrogens is 6. The lowest BCUT2D eigenvalue weighted by Crippen LogP contribution is -2.37. The Morgan fingerprint density at radius 2 is 1.66 bits per heavy atom. The number of rotatable bonds is 7. The van der Waals surface area contributed by atoms with E-state index in [-0.39, 0.29) is 28.5 Å². The van der Waals surface area contributed by atoms with Gasteiger partial charge in [0.05, 0.1) is 25.1 Å². The van der Waals surface area contributed by atoms with E-state index in [0.717, 1.165) is 39.6 Å². The van der Waals surface area contributed by atoms with Gasteiger partial charge in [-0.2, -0.15) is 0 Å². The molecular weight excluding hydrogens is 846 g/mol. The number of aromatic amines is 1. The van der Waals surface area contributed by atoms with Crippen molar-refractivity contribution < 1.29 is 59.9 Å². The summed E-state index contributed by atoms with van der Waals surface area (Å²) >= 11 is 0.571. The monoisotopic (exact) mass is 879 g/mol. The number of fused-ring (bicyclic) bond motifs is 4. The van der Waals surface area contributed by atoms with E-state index in [1.807, 2.05) is 11.9 Å². The minimum absolute atomic E-state index is 0.0176. The van der Waals surface area contributed by atoms with Gasteiger partial charge in [-0.1, -0.05) is 29.8 Å². The molecule has 6 heterocycles. The molecule has 0 aliphatic carbocycles. The summed E-state index contributed by atoms with van der Waals surface area (Å²) in [6.07, 6.45) is -11.8. The van der Waals surface area contributed by atoms with Crippen LogP contribution in [0.3, 0.4) is 0 Å². The number of esters is 1. The number of nitrogens with one attached hydrogen (secondary N) is 1. The fourth-order valence-electron chi connectivity index (χ4n) is 6.45. The van der Waals surface area contributed by atoms with Crippen molar-refractivity contribution in [2.24, 2.45) is 0 Å². The van der Waals surface area contributed by atoms with Crippen LogP contribution in [-0.2, 0) is 42.5 Å². The van der Waals surface area contributed by atoms with E-state index >= 15 is 8.78 Å². The molecule has 3 aliphatic rings. The summed E-state index contributed by atoms with van der Waals surface area (Å²) in [5.74, 6) is -0.530. The van der Waals surface area contributed by atoms with Gasteiger partial charge in [-0.3, -0.25) is 37.0 Å². The highest BCUT2D eigenvalue weighted by atomic mass is 32.7. The van der Waals surface area contributed by atoms with Crippen molar-refractivity contribution in [1.29, 1.82) is 0 Å². The molecule has 0 spiro atoms. The Balaban J connectivity index is 1.09. The molecule has 312 valence electrons. The number of ether oxygens (including phenoxy) is 3. The Kier molecular flexibility index (Phi) is 11.4. The molecule has 0 saturated carbocycles. The maximum absolute atomic E-state index is 16.4. The van der Waals surface area contributed by atoms with Gasteiger partial charge in [0.1, 0.15) is 42.0 Å². The summed E-state index contributed by atoms with van der Waals surface area (Å²) in [4.78, 5) is 62.1. The number of hydrogen-bond donors (Lipinski definition) is 3. The number of alkyl halides is 2. The van der Waals surface area contributed by atoms with Crippen LogP contribution in [0.4, 0.5) is 14.6 Å². The van der Waals surface area contributed by atoms with Crippen LogP contribution in [0.5, 0.6) is 5.75 Å². The Morgan fingerprint density at radius 1 is 0.932 bits per heavy atom. The van der Waals surface area contributed by atoms with E-state index in [2.05, 4.69) is 15.0 Å². The molecule has 3 aliphatic heterocycles. The first-order valence-electron chi connectivity index (χ1n) is 17.6. The van der Waals surface area contributed by atoms with Gasteiger partial charge in [-0.15, -0.1) is 0 Å². The number of imidazole rings is 1. The molecule has 2 bridgehead atoms. The van der Waals surface area contributed by atoms with Crippen LogP contribution in [0, 0.1) is 6.92 Å². The van der Waals surface area contributed by atoms with Crippen molar-refractivity contribution in [1.82, 2.24) is 29.1 Å². The molecule has 3 saturated heterocycles. The molecule has 0 radical (unpaired) electrons. The van der Waals surface area contributed by atoms with Crippen LogP contribution < -0.4 is 21.7 Å². The van der Waals surface area contributed by atoms with Crippen molar-refractivity contribution in [3.05, 3.63) is 111 Å². The fourth-order valence-corrected chi connectivity index (χ4v) is 10.8. The van der Waals surface area contributed by atoms with Gasteiger partial charge in [0.15, 0.2) is 36.3 Å². The quantitative estimate of drug-likeness (QED) is 0.119. The SMILES string of the molecule is Cc1ccc(C(=O)Oc2ccc(CS[P@]3(=O)OC[C@H]4O[C@@H](n5cnc6c(N)ncnc65)[C@H](F)[C@@H]4OP(=O)(O)OC[C@H]4O[C@@H](n5ccc(=O)[nH]c5=O)[C@H](O3)[C@@H]4F)cc2)cc1. The molecule has 20 nitrogen and oxygen atoms in total. The lowest BCUT2D eigenvalue weighted by Gasteiger charge is -2.27. The number of phosphoric acid groups is 1. The first kappa shape index (κ1) is 41.1. The molecule has 25 heteroatoms. The Labute approximate surface area is 334 Å². The van der Waals surface area contributed by atoms with Crippen LogP contribution in [0.2, 0.25) is 0 Å². The average molecular weight is 880 g/mol. The zero-order chi connectivity index (χ0) is 41.6.